The second-order valence-electron chi connectivity index (χ2n) is 8.42. The number of halogens is 5. The molecule has 0 atom stereocenters. The average molecular weight is 765 g/mol. The maximum atomic E-state index is 13.4. The summed E-state index contributed by atoms with van der Waals surface area (Å²) in [5.74, 6) is -0.935. The van der Waals surface area contributed by atoms with E-state index < -0.39 is 11.9 Å². The van der Waals surface area contributed by atoms with E-state index in [0.717, 1.165) is 26.5 Å². The number of hydrogen-bond donors (Lipinski definition) is 2. The van der Waals surface area contributed by atoms with Crippen LogP contribution in [0.1, 0.15) is 26.4 Å². The summed E-state index contributed by atoms with van der Waals surface area (Å²) in [6.07, 6.45) is 1.39. The number of H-pyrrole nitrogens is 1. The summed E-state index contributed by atoms with van der Waals surface area (Å²) in [6, 6.07) is 23.3. The highest BCUT2D eigenvalue weighted by molar-refractivity contribution is 9.11. The van der Waals surface area contributed by atoms with Crippen LogP contribution in [0.3, 0.4) is 0 Å². The largest absolute Gasteiger partial charge is 0.421 e. The van der Waals surface area contributed by atoms with Gasteiger partial charge >= 0.3 is 5.97 Å². The number of nitrogens with zero attached hydrogens (tertiary/aromatic N) is 1. The number of carbonyl (C=O) groups is 2. The lowest BCUT2D eigenvalue weighted by molar-refractivity contribution is 0.0733. The molecule has 1 heterocycles. The van der Waals surface area contributed by atoms with Gasteiger partial charge in [-0.05, 0) is 73.8 Å². The molecule has 4 aromatic carbocycles. The molecule has 0 spiro atoms. The molecule has 5 rings (SSSR count). The molecule has 0 saturated heterocycles. The number of hydrogen-bond acceptors (Lipinski definition) is 4. The van der Waals surface area contributed by atoms with Crippen LogP contribution in [0.5, 0.6) is 5.75 Å². The van der Waals surface area contributed by atoms with E-state index in [-0.39, 0.29) is 16.3 Å². The molecule has 0 saturated carbocycles. The van der Waals surface area contributed by atoms with E-state index in [2.05, 4.69) is 63.3 Å². The molecule has 1 aromatic heterocycles. The van der Waals surface area contributed by atoms with E-state index in [1.807, 2.05) is 48.5 Å². The fourth-order valence-electron chi connectivity index (χ4n) is 4.06. The van der Waals surface area contributed by atoms with Crippen molar-refractivity contribution < 1.29 is 14.3 Å². The highest BCUT2D eigenvalue weighted by Crippen LogP contribution is 2.36. The minimum Gasteiger partial charge on any atom is -0.421 e. The molecule has 0 radical (unpaired) electrons. The lowest BCUT2D eigenvalue weighted by atomic mass is 10.0. The van der Waals surface area contributed by atoms with E-state index in [1.165, 1.54) is 18.3 Å². The second kappa shape index (κ2) is 12.3. The van der Waals surface area contributed by atoms with Gasteiger partial charge in [0.05, 0.1) is 26.8 Å². The molecule has 1 amide bonds. The highest BCUT2D eigenvalue weighted by atomic mass is 79.9. The minimum absolute atomic E-state index is 0.149. The molecule has 0 aliphatic rings. The topological polar surface area (TPSA) is 83.5 Å². The van der Waals surface area contributed by atoms with Gasteiger partial charge in [0, 0.05) is 30.5 Å². The molecule has 200 valence electrons. The van der Waals surface area contributed by atoms with Gasteiger partial charge in [-0.2, -0.15) is 5.10 Å². The number of benzene rings is 4. The lowest BCUT2D eigenvalue weighted by Crippen LogP contribution is -2.19. The van der Waals surface area contributed by atoms with Crippen LogP contribution in [-0.2, 0) is 0 Å². The third kappa shape index (κ3) is 6.04. The lowest BCUT2D eigenvalue weighted by Gasteiger charge is -2.11. The van der Waals surface area contributed by atoms with Crippen molar-refractivity contribution in [1.29, 1.82) is 0 Å². The van der Waals surface area contributed by atoms with Crippen molar-refractivity contribution in [2.75, 3.05) is 0 Å². The first-order chi connectivity index (χ1) is 19.2. The van der Waals surface area contributed by atoms with Crippen molar-refractivity contribution >= 4 is 100.0 Å². The van der Waals surface area contributed by atoms with Gasteiger partial charge in [0.1, 0.15) is 5.69 Å². The monoisotopic (exact) mass is 761 g/mol. The van der Waals surface area contributed by atoms with Crippen LogP contribution >= 0.6 is 71.0 Å². The summed E-state index contributed by atoms with van der Waals surface area (Å²) >= 11 is 22.5. The van der Waals surface area contributed by atoms with Crippen LogP contribution in [0.25, 0.3) is 22.0 Å². The molecular weight excluding hydrogens is 749 g/mol. The molecule has 0 fully saturated rings. The Balaban J connectivity index is 1.45. The molecule has 6 nitrogen and oxygen atoms in total. The Bertz CT molecular complexity index is 1810. The van der Waals surface area contributed by atoms with E-state index in [0.29, 0.717) is 25.2 Å². The van der Waals surface area contributed by atoms with Gasteiger partial charge in [-0.3, -0.25) is 4.79 Å². The maximum absolute atomic E-state index is 13.4. The summed E-state index contributed by atoms with van der Waals surface area (Å²) in [7, 11) is 0. The van der Waals surface area contributed by atoms with Crippen LogP contribution in [0.2, 0.25) is 10.0 Å². The summed E-state index contributed by atoms with van der Waals surface area (Å²) in [6.45, 7) is 0. The third-order valence-electron chi connectivity index (χ3n) is 5.83. The van der Waals surface area contributed by atoms with Crippen LogP contribution in [-0.4, -0.2) is 23.1 Å². The number of nitrogens with one attached hydrogen (secondary N) is 2. The summed E-state index contributed by atoms with van der Waals surface area (Å²) in [4.78, 5) is 29.5. The zero-order valence-corrected chi connectivity index (χ0v) is 26.4. The van der Waals surface area contributed by atoms with E-state index in [9.17, 15) is 9.59 Å². The molecule has 40 heavy (non-hydrogen) atoms. The Morgan fingerprint density at radius 2 is 1.68 bits per heavy atom. The van der Waals surface area contributed by atoms with Crippen LogP contribution in [0.15, 0.2) is 97.4 Å². The molecular formula is C29H16Br3Cl2N3O3. The van der Waals surface area contributed by atoms with Crippen molar-refractivity contribution in [2.45, 2.75) is 0 Å². The van der Waals surface area contributed by atoms with E-state index >= 15 is 0 Å². The number of aromatic nitrogens is 1. The number of para-hydroxylation sites is 1. The van der Waals surface area contributed by atoms with Crippen molar-refractivity contribution in [3.63, 3.8) is 0 Å². The van der Waals surface area contributed by atoms with Crippen LogP contribution in [0, 0.1) is 0 Å². The summed E-state index contributed by atoms with van der Waals surface area (Å²) in [5.41, 5.74) is 5.93. The van der Waals surface area contributed by atoms with E-state index in [4.69, 9.17) is 27.9 Å². The van der Waals surface area contributed by atoms with Gasteiger partial charge in [0.2, 0.25) is 0 Å². The molecule has 0 unspecified atom stereocenters. The predicted octanol–water partition coefficient (Wildman–Crippen LogP) is 9.41. The zero-order chi connectivity index (χ0) is 28.4. The Morgan fingerprint density at radius 1 is 0.900 bits per heavy atom. The van der Waals surface area contributed by atoms with Gasteiger partial charge in [-0.25, -0.2) is 10.2 Å². The number of amides is 1. The Morgan fingerprint density at radius 3 is 2.42 bits per heavy atom. The van der Waals surface area contributed by atoms with Gasteiger partial charge in [0.15, 0.2) is 5.75 Å². The van der Waals surface area contributed by atoms with E-state index in [1.54, 1.807) is 18.2 Å². The Labute approximate surface area is 264 Å². The fraction of sp³-hybridized carbons (Fsp3) is 0. The first-order valence-corrected chi connectivity index (χ1v) is 14.7. The normalized spacial score (nSPS) is 11.2. The average Bonchev–Trinajstić information content (AvgIpc) is 3.32. The Hall–Kier alpha value is -2.95. The number of hydrazone groups is 1. The SMILES string of the molecule is O=C(Oc1c(Br)cc(Br)cc1C=NNC(=O)c1[nH]c2c(Br)cccc2c1-c1ccccc1)c1ccc(Cl)cc1Cl. The standard InChI is InChI=1S/C29H16Br3Cl2N3O3/c30-17-11-16(27(22(32)12-17)40-29(39)19-10-9-18(33)13-23(19)34)14-35-37-28(38)26-24(15-5-2-1-3-6-15)20-7-4-8-21(31)25(20)36-26/h1-14,36H,(H,37,38). The quantitative estimate of drug-likeness (QED) is 0.0783. The van der Waals surface area contributed by atoms with Crippen molar-refractivity contribution in [3.05, 3.63) is 119 Å². The number of rotatable bonds is 6. The van der Waals surface area contributed by atoms with Gasteiger partial charge in [-0.15, -0.1) is 0 Å². The van der Waals surface area contributed by atoms with Crippen LogP contribution < -0.4 is 10.2 Å². The minimum atomic E-state index is -0.681. The molecule has 0 aliphatic heterocycles. The second-order valence-corrected chi connectivity index (χ2v) is 11.9. The number of ether oxygens (including phenoxy) is 1. The number of carbonyl (C=O) groups excluding carboxylic acids is 2. The zero-order valence-electron chi connectivity index (χ0n) is 20.1. The van der Waals surface area contributed by atoms with Gasteiger partial charge in [-0.1, -0.05) is 81.6 Å². The number of fused-ring (bicyclic) bond motifs is 1. The van der Waals surface area contributed by atoms with Gasteiger partial charge in [0.25, 0.3) is 5.91 Å². The number of esters is 1. The van der Waals surface area contributed by atoms with Crippen LogP contribution in [0.4, 0.5) is 0 Å². The first-order valence-electron chi connectivity index (χ1n) is 11.6. The summed E-state index contributed by atoms with van der Waals surface area (Å²) in [5, 5.41) is 5.61. The van der Waals surface area contributed by atoms with Crippen molar-refractivity contribution in [1.82, 2.24) is 10.4 Å². The fourth-order valence-corrected chi connectivity index (χ4v) is 6.35. The predicted molar refractivity (Wildman–Crippen MR) is 170 cm³/mol. The van der Waals surface area contributed by atoms with Crippen molar-refractivity contribution in [2.24, 2.45) is 5.10 Å². The molecule has 0 bridgehead atoms. The number of aromatic amines is 1. The smallest absolute Gasteiger partial charge is 0.345 e. The Kier molecular flexibility index (Phi) is 8.77. The highest BCUT2D eigenvalue weighted by Gasteiger charge is 2.21. The first kappa shape index (κ1) is 28.6. The molecule has 0 aliphatic carbocycles. The molecule has 11 heteroatoms. The van der Waals surface area contributed by atoms with Crippen molar-refractivity contribution in [3.8, 4) is 16.9 Å². The molecule has 2 N–H and O–H groups in total. The van der Waals surface area contributed by atoms with Gasteiger partial charge < -0.3 is 9.72 Å². The summed E-state index contributed by atoms with van der Waals surface area (Å²) < 4.78 is 7.67. The maximum Gasteiger partial charge on any atom is 0.345 e. The third-order valence-corrected chi connectivity index (χ3v) is 8.08. The molecule has 5 aromatic rings.